The second-order valence-electron chi connectivity index (χ2n) is 9.41. The van der Waals surface area contributed by atoms with Gasteiger partial charge in [0.25, 0.3) is 0 Å². The van der Waals surface area contributed by atoms with Crippen LogP contribution in [0.4, 0.5) is 5.82 Å². The van der Waals surface area contributed by atoms with Gasteiger partial charge < -0.3 is 5.32 Å². The molecular weight excluding hydrogens is 460 g/mol. The first kappa shape index (κ1) is 26.4. The van der Waals surface area contributed by atoms with Gasteiger partial charge in [-0.25, -0.2) is 13.1 Å². The third-order valence-corrected chi connectivity index (χ3v) is 6.93. The van der Waals surface area contributed by atoms with Crippen LogP contribution in [0.3, 0.4) is 0 Å². The van der Waals surface area contributed by atoms with E-state index >= 15 is 0 Å². The minimum atomic E-state index is -3.79. The number of benzene rings is 2. The Morgan fingerprint density at radius 3 is 2.29 bits per heavy atom. The second kappa shape index (κ2) is 11.5. The first-order valence-electron chi connectivity index (χ1n) is 11.8. The predicted molar refractivity (Wildman–Crippen MR) is 142 cm³/mol. The number of carbonyl (C=O) groups excluding carboxylic acids is 1. The van der Waals surface area contributed by atoms with E-state index in [1.54, 1.807) is 10.8 Å². The van der Waals surface area contributed by atoms with E-state index in [1.165, 1.54) is 4.31 Å². The molecular formula is C27H34N4O3S. The van der Waals surface area contributed by atoms with Crippen LogP contribution in [0.1, 0.15) is 51.8 Å². The molecule has 1 amide bonds. The lowest BCUT2D eigenvalue weighted by atomic mass is 9.92. The van der Waals surface area contributed by atoms with Gasteiger partial charge in [-0.3, -0.25) is 4.79 Å². The standard InChI is InChI=1S/C27H34N4O3S/c1-5-6-18-30(35(33,34)19-17-22-13-9-7-10-14-22)21-26(32)28-25-20-24(27(2,3)4)29-31(25)23-15-11-8-12-16-23/h7-17,19-20H,5-6,18,21H2,1-4H3,(H,28,32)/b19-17+. The first-order valence-corrected chi connectivity index (χ1v) is 13.3. The number of hydrogen-bond acceptors (Lipinski definition) is 4. The van der Waals surface area contributed by atoms with Crippen LogP contribution >= 0.6 is 0 Å². The Hall–Kier alpha value is -3.23. The van der Waals surface area contributed by atoms with Crippen LogP contribution in [0.25, 0.3) is 11.8 Å². The Morgan fingerprint density at radius 1 is 1.06 bits per heavy atom. The van der Waals surface area contributed by atoms with Crippen molar-refractivity contribution in [1.29, 1.82) is 0 Å². The zero-order valence-electron chi connectivity index (χ0n) is 20.8. The summed E-state index contributed by atoms with van der Waals surface area (Å²) in [6, 6.07) is 20.6. The van der Waals surface area contributed by atoms with E-state index in [2.05, 4.69) is 5.32 Å². The molecule has 2 aromatic carbocycles. The second-order valence-corrected chi connectivity index (χ2v) is 11.2. The van der Waals surface area contributed by atoms with E-state index in [0.717, 1.165) is 28.8 Å². The van der Waals surface area contributed by atoms with Crippen LogP contribution in [0.15, 0.2) is 72.1 Å². The number of anilines is 1. The normalized spacial score (nSPS) is 12.4. The maximum atomic E-state index is 13.1. The number of sulfonamides is 1. The molecule has 0 atom stereocenters. The molecule has 7 nitrogen and oxygen atoms in total. The van der Waals surface area contributed by atoms with Crippen molar-refractivity contribution in [3.05, 3.63) is 83.4 Å². The summed E-state index contributed by atoms with van der Waals surface area (Å²) in [6.07, 6.45) is 3.01. The molecule has 3 aromatic rings. The molecule has 0 saturated heterocycles. The minimum Gasteiger partial charge on any atom is -0.309 e. The molecule has 0 bridgehead atoms. The predicted octanol–water partition coefficient (Wildman–Crippen LogP) is 5.21. The Kier molecular flexibility index (Phi) is 8.64. The van der Waals surface area contributed by atoms with E-state index in [1.807, 2.05) is 94.4 Å². The number of nitrogens with one attached hydrogen (secondary N) is 1. The van der Waals surface area contributed by atoms with Crippen molar-refractivity contribution in [3.63, 3.8) is 0 Å². The van der Waals surface area contributed by atoms with Crippen molar-refractivity contribution in [3.8, 4) is 5.69 Å². The monoisotopic (exact) mass is 494 g/mol. The molecule has 186 valence electrons. The largest absolute Gasteiger partial charge is 0.309 e. The van der Waals surface area contributed by atoms with Crippen LogP contribution in [0, 0.1) is 0 Å². The van der Waals surface area contributed by atoms with Crippen LogP contribution in [0.5, 0.6) is 0 Å². The average Bonchev–Trinajstić information content (AvgIpc) is 3.26. The zero-order valence-corrected chi connectivity index (χ0v) is 21.6. The van der Waals surface area contributed by atoms with Gasteiger partial charge in [0.05, 0.1) is 17.9 Å². The Labute approximate surface area is 208 Å². The van der Waals surface area contributed by atoms with E-state index in [9.17, 15) is 13.2 Å². The highest BCUT2D eigenvalue weighted by atomic mass is 32.2. The van der Waals surface area contributed by atoms with Crippen LogP contribution in [-0.2, 0) is 20.2 Å². The zero-order chi connectivity index (χ0) is 25.5. The molecule has 0 saturated carbocycles. The molecule has 0 spiro atoms. The molecule has 0 unspecified atom stereocenters. The highest BCUT2D eigenvalue weighted by Gasteiger charge is 2.25. The summed E-state index contributed by atoms with van der Waals surface area (Å²) in [6.45, 7) is 8.11. The van der Waals surface area contributed by atoms with Crippen molar-refractivity contribution >= 4 is 27.8 Å². The maximum absolute atomic E-state index is 13.1. The molecule has 8 heteroatoms. The molecule has 0 aliphatic heterocycles. The van der Waals surface area contributed by atoms with E-state index < -0.39 is 15.9 Å². The number of amides is 1. The van der Waals surface area contributed by atoms with Gasteiger partial charge in [-0.05, 0) is 30.2 Å². The summed E-state index contributed by atoms with van der Waals surface area (Å²) in [5, 5.41) is 8.75. The Bertz CT molecular complexity index is 1240. The summed E-state index contributed by atoms with van der Waals surface area (Å²) in [4.78, 5) is 13.1. The van der Waals surface area contributed by atoms with Gasteiger partial charge in [-0.2, -0.15) is 9.40 Å². The molecule has 0 aliphatic rings. The van der Waals surface area contributed by atoms with Gasteiger partial charge in [0.1, 0.15) is 5.82 Å². The first-order chi connectivity index (χ1) is 16.6. The molecule has 0 fully saturated rings. The van der Waals surface area contributed by atoms with Gasteiger partial charge in [0.2, 0.25) is 15.9 Å². The molecule has 1 N–H and O–H groups in total. The number of carbonyl (C=O) groups is 1. The summed E-state index contributed by atoms with van der Waals surface area (Å²) < 4.78 is 29.0. The molecule has 35 heavy (non-hydrogen) atoms. The van der Waals surface area contributed by atoms with Crippen LogP contribution in [-0.4, -0.2) is 41.5 Å². The number of para-hydroxylation sites is 1. The lowest BCUT2D eigenvalue weighted by Crippen LogP contribution is -2.37. The smallest absolute Gasteiger partial charge is 0.240 e. The van der Waals surface area contributed by atoms with Crippen LogP contribution in [0.2, 0.25) is 0 Å². The van der Waals surface area contributed by atoms with Gasteiger partial charge in [0.15, 0.2) is 0 Å². The highest BCUT2D eigenvalue weighted by Crippen LogP contribution is 2.26. The fraction of sp³-hybridized carbons (Fsp3) is 0.333. The summed E-state index contributed by atoms with van der Waals surface area (Å²) >= 11 is 0. The van der Waals surface area contributed by atoms with Gasteiger partial charge in [-0.1, -0.05) is 82.6 Å². The third-order valence-electron chi connectivity index (χ3n) is 5.42. The van der Waals surface area contributed by atoms with Crippen molar-refractivity contribution < 1.29 is 13.2 Å². The van der Waals surface area contributed by atoms with Crippen LogP contribution < -0.4 is 5.32 Å². The number of rotatable bonds is 10. The van der Waals surface area contributed by atoms with E-state index in [-0.39, 0.29) is 18.5 Å². The molecule has 1 heterocycles. The number of nitrogens with zero attached hydrogens (tertiary/aromatic N) is 3. The topological polar surface area (TPSA) is 84.3 Å². The van der Waals surface area contributed by atoms with E-state index in [0.29, 0.717) is 12.2 Å². The molecule has 3 rings (SSSR count). The minimum absolute atomic E-state index is 0.224. The fourth-order valence-electron chi connectivity index (χ4n) is 3.39. The molecule has 0 radical (unpaired) electrons. The Balaban J connectivity index is 1.83. The number of unbranched alkanes of at least 4 members (excludes halogenated alkanes) is 1. The number of hydrogen-bond donors (Lipinski definition) is 1. The van der Waals surface area contributed by atoms with Crippen molar-refractivity contribution in [1.82, 2.24) is 14.1 Å². The van der Waals surface area contributed by atoms with Gasteiger partial charge in [0, 0.05) is 23.4 Å². The summed E-state index contributed by atoms with van der Waals surface area (Å²) in [5.41, 5.74) is 2.17. The Morgan fingerprint density at radius 2 is 1.69 bits per heavy atom. The van der Waals surface area contributed by atoms with Gasteiger partial charge in [-0.15, -0.1) is 0 Å². The molecule has 1 aromatic heterocycles. The lowest BCUT2D eigenvalue weighted by molar-refractivity contribution is -0.116. The van der Waals surface area contributed by atoms with Gasteiger partial charge >= 0.3 is 0 Å². The third kappa shape index (κ3) is 7.37. The average molecular weight is 495 g/mol. The maximum Gasteiger partial charge on any atom is 0.240 e. The summed E-state index contributed by atoms with van der Waals surface area (Å²) in [5.74, 6) is 0.0779. The molecule has 0 aliphatic carbocycles. The highest BCUT2D eigenvalue weighted by molar-refractivity contribution is 7.92. The van der Waals surface area contributed by atoms with E-state index in [4.69, 9.17) is 5.10 Å². The SMILES string of the molecule is CCCCN(CC(=O)Nc1cc(C(C)(C)C)nn1-c1ccccc1)S(=O)(=O)/C=C/c1ccccc1. The van der Waals surface area contributed by atoms with Crippen molar-refractivity contribution in [2.75, 3.05) is 18.4 Å². The fourth-order valence-corrected chi connectivity index (χ4v) is 4.57. The van der Waals surface area contributed by atoms with Crippen molar-refractivity contribution in [2.24, 2.45) is 0 Å². The summed E-state index contributed by atoms with van der Waals surface area (Å²) in [7, 11) is -3.79. The quantitative estimate of drug-likeness (QED) is 0.419. The van der Waals surface area contributed by atoms with Crippen molar-refractivity contribution in [2.45, 2.75) is 46.0 Å². The lowest BCUT2D eigenvalue weighted by Gasteiger charge is -2.20. The number of aromatic nitrogens is 2.